The van der Waals surface area contributed by atoms with E-state index in [9.17, 15) is 13.2 Å². The maximum Gasteiger partial charge on any atom is 0.323 e. The number of anilines is 1. The maximum atomic E-state index is 13.7. The number of hydrogen-bond donors (Lipinski definition) is 2. The van der Waals surface area contributed by atoms with E-state index in [1.165, 1.54) is 23.3 Å². The van der Waals surface area contributed by atoms with Gasteiger partial charge in [0.15, 0.2) is 5.13 Å². The van der Waals surface area contributed by atoms with Gasteiger partial charge >= 0.3 is 6.03 Å². The molecular weight excluding hydrogens is 637 g/mol. The fourth-order valence-electron chi connectivity index (χ4n) is 4.84. The SMILES string of the molecule is NS(=O)(=O)c1ccc(-c2nc(NC(=O)N(CCc3cc(Cl)ccn3)CCC(c3ccccc3)c3ccccc3)sc2Cl)cc1. The first-order valence-electron chi connectivity index (χ1n) is 13.7. The van der Waals surface area contributed by atoms with Gasteiger partial charge in [0, 0.05) is 47.9 Å². The van der Waals surface area contributed by atoms with Crippen molar-refractivity contribution >= 4 is 55.7 Å². The third-order valence-corrected chi connectivity index (χ3v) is 9.39. The lowest BCUT2D eigenvalue weighted by atomic mass is 9.88. The van der Waals surface area contributed by atoms with Gasteiger partial charge in [-0.25, -0.2) is 23.3 Å². The minimum absolute atomic E-state index is 0.0183. The van der Waals surface area contributed by atoms with Gasteiger partial charge in [-0.15, -0.1) is 0 Å². The van der Waals surface area contributed by atoms with E-state index in [1.807, 2.05) is 36.4 Å². The lowest BCUT2D eigenvalue weighted by molar-refractivity contribution is 0.210. The van der Waals surface area contributed by atoms with Crippen LogP contribution in [0.4, 0.5) is 9.93 Å². The molecule has 0 atom stereocenters. The van der Waals surface area contributed by atoms with E-state index in [1.54, 1.807) is 35.4 Å². The predicted molar refractivity (Wildman–Crippen MR) is 177 cm³/mol. The van der Waals surface area contributed by atoms with E-state index in [4.69, 9.17) is 28.3 Å². The summed E-state index contributed by atoms with van der Waals surface area (Å²) in [4.78, 5) is 24.4. The number of halogens is 2. The zero-order valence-corrected chi connectivity index (χ0v) is 26.6. The van der Waals surface area contributed by atoms with Crippen LogP contribution in [-0.4, -0.2) is 42.4 Å². The molecule has 0 fully saturated rings. The van der Waals surface area contributed by atoms with Crippen LogP contribution in [0.15, 0.2) is 108 Å². The molecule has 3 N–H and O–H groups in total. The zero-order chi connectivity index (χ0) is 31.1. The summed E-state index contributed by atoms with van der Waals surface area (Å²) in [7, 11) is -3.83. The van der Waals surface area contributed by atoms with Gasteiger partial charge < -0.3 is 4.90 Å². The Morgan fingerprint density at radius 1 is 0.909 bits per heavy atom. The normalized spacial score (nSPS) is 11.5. The summed E-state index contributed by atoms with van der Waals surface area (Å²) in [6, 6.07) is 29.6. The van der Waals surface area contributed by atoms with Crippen molar-refractivity contribution in [3.8, 4) is 11.3 Å². The number of nitrogens with zero attached hydrogens (tertiary/aromatic N) is 3. The number of benzene rings is 3. The molecule has 3 aromatic carbocycles. The molecule has 0 aliphatic heterocycles. The standard InChI is InChI=1S/C32H29Cl2N5O3S2/c33-25-15-18-36-26(21-25)16-19-39(20-17-28(22-7-3-1-4-8-22)23-9-5-2-6-10-23)32(40)38-31-37-29(30(34)43-31)24-11-13-27(14-12-24)44(35,41)42/h1-15,18,21,28H,16-17,19-20H2,(H2,35,41,42)(H,37,38,40). The summed E-state index contributed by atoms with van der Waals surface area (Å²) in [6.07, 6.45) is 2.85. The molecule has 12 heteroatoms. The van der Waals surface area contributed by atoms with Crippen molar-refractivity contribution in [2.45, 2.75) is 23.7 Å². The quantitative estimate of drug-likeness (QED) is 0.152. The highest BCUT2D eigenvalue weighted by Gasteiger charge is 2.21. The van der Waals surface area contributed by atoms with Crippen molar-refractivity contribution in [1.82, 2.24) is 14.9 Å². The molecule has 0 unspecified atom stereocenters. The third kappa shape index (κ3) is 8.22. The molecule has 2 heterocycles. The van der Waals surface area contributed by atoms with Gasteiger partial charge in [0.05, 0.1) is 4.90 Å². The van der Waals surface area contributed by atoms with Crippen LogP contribution in [0.25, 0.3) is 11.3 Å². The van der Waals surface area contributed by atoms with Gasteiger partial charge in [-0.1, -0.05) is 107 Å². The van der Waals surface area contributed by atoms with Gasteiger partial charge in [-0.3, -0.25) is 10.3 Å². The number of carbonyl (C=O) groups excluding carboxylic acids is 1. The number of thiazole rings is 1. The van der Waals surface area contributed by atoms with E-state index in [-0.39, 0.29) is 16.8 Å². The average molecular weight is 667 g/mol. The maximum absolute atomic E-state index is 13.7. The third-order valence-electron chi connectivity index (χ3n) is 7.05. The first-order chi connectivity index (χ1) is 21.2. The number of nitrogens with one attached hydrogen (secondary N) is 1. The summed E-state index contributed by atoms with van der Waals surface area (Å²) in [5.41, 5.74) is 4.13. The minimum atomic E-state index is -3.83. The van der Waals surface area contributed by atoms with Crippen molar-refractivity contribution in [1.29, 1.82) is 0 Å². The number of hydrogen-bond acceptors (Lipinski definition) is 6. The highest BCUT2D eigenvalue weighted by atomic mass is 35.5. The molecule has 5 rings (SSSR count). The van der Waals surface area contributed by atoms with Gasteiger partial charge in [0.25, 0.3) is 0 Å². The Morgan fingerprint density at radius 3 is 2.14 bits per heavy atom. The van der Waals surface area contributed by atoms with Crippen LogP contribution in [0.2, 0.25) is 9.36 Å². The molecule has 44 heavy (non-hydrogen) atoms. The smallest absolute Gasteiger partial charge is 0.323 e. The number of rotatable bonds is 11. The largest absolute Gasteiger partial charge is 0.324 e. The predicted octanol–water partition coefficient (Wildman–Crippen LogP) is 7.46. The molecule has 8 nitrogen and oxygen atoms in total. The summed E-state index contributed by atoms with van der Waals surface area (Å²) < 4.78 is 23.6. The number of aromatic nitrogens is 2. The molecule has 2 aromatic heterocycles. The van der Waals surface area contributed by atoms with Gasteiger partial charge in [0.2, 0.25) is 10.0 Å². The van der Waals surface area contributed by atoms with Crippen LogP contribution in [0.3, 0.4) is 0 Å². The number of urea groups is 1. The van der Waals surface area contributed by atoms with Crippen LogP contribution in [0, 0.1) is 0 Å². The molecule has 0 radical (unpaired) electrons. The zero-order valence-electron chi connectivity index (χ0n) is 23.4. The molecule has 0 aliphatic rings. The van der Waals surface area contributed by atoms with Gasteiger partial charge in [0.1, 0.15) is 10.0 Å². The molecule has 226 valence electrons. The number of pyridine rings is 1. The summed E-state index contributed by atoms with van der Waals surface area (Å²) >= 11 is 13.8. The molecule has 5 aromatic rings. The Morgan fingerprint density at radius 2 is 1.55 bits per heavy atom. The summed E-state index contributed by atoms with van der Waals surface area (Å²) in [6.45, 7) is 0.859. The van der Waals surface area contributed by atoms with Crippen LogP contribution in [0.5, 0.6) is 0 Å². The molecule has 2 amide bonds. The number of carbonyl (C=O) groups is 1. The van der Waals surface area contributed by atoms with Crippen molar-refractivity contribution in [2.75, 3.05) is 18.4 Å². The second kappa shape index (κ2) is 14.3. The molecule has 0 spiro atoms. The highest BCUT2D eigenvalue weighted by Crippen LogP contribution is 2.36. The molecule has 0 saturated heterocycles. The van der Waals surface area contributed by atoms with Crippen LogP contribution < -0.4 is 10.5 Å². The summed E-state index contributed by atoms with van der Waals surface area (Å²) in [5.74, 6) is 0.0817. The number of primary sulfonamides is 1. The van der Waals surface area contributed by atoms with Gasteiger partial charge in [-0.2, -0.15) is 0 Å². The van der Waals surface area contributed by atoms with Crippen LogP contribution >= 0.6 is 34.5 Å². The van der Waals surface area contributed by atoms with E-state index in [0.717, 1.165) is 17.0 Å². The van der Waals surface area contributed by atoms with Crippen molar-refractivity contribution in [3.05, 3.63) is 129 Å². The fraction of sp³-hybridized carbons (Fsp3) is 0.156. The second-order valence-corrected chi connectivity index (χ2v) is 13.6. The van der Waals surface area contributed by atoms with E-state index < -0.39 is 10.0 Å². The topological polar surface area (TPSA) is 118 Å². The lowest BCUT2D eigenvalue weighted by Crippen LogP contribution is -2.38. The van der Waals surface area contributed by atoms with Gasteiger partial charge in [-0.05, 0) is 41.8 Å². The van der Waals surface area contributed by atoms with E-state index in [2.05, 4.69) is 39.6 Å². The fourth-order valence-corrected chi connectivity index (χ4v) is 6.61. The Bertz CT molecular complexity index is 1780. The van der Waals surface area contributed by atoms with Crippen LogP contribution in [-0.2, 0) is 16.4 Å². The minimum Gasteiger partial charge on any atom is -0.324 e. The van der Waals surface area contributed by atoms with E-state index >= 15 is 0 Å². The Hall–Kier alpha value is -3.80. The van der Waals surface area contributed by atoms with Crippen molar-refractivity contribution in [2.24, 2.45) is 5.14 Å². The van der Waals surface area contributed by atoms with E-state index in [0.29, 0.717) is 51.7 Å². The highest BCUT2D eigenvalue weighted by molar-refractivity contribution is 7.89. The molecule has 0 saturated carbocycles. The van der Waals surface area contributed by atoms with Crippen molar-refractivity contribution < 1.29 is 13.2 Å². The summed E-state index contributed by atoms with van der Waals surface area (Å²) in [5, 5.41) is 9.02. The molecule has 0 bridgehead atoms. The monoisotopic (exact) mass is 665 g/mol. The average Bonchev–Trinajstić information content (AvgIpc) is 3.38. The molecular formula is C32H29Cl2N5O3S2. The Labute approximate surface area is 270 Å². The van der Waals surface area contributed by atoms with Crippen LogP contribution in [0.1, 0.15) is 29.2 Å². The van der Waals surface area contributed by atoms with Crippen molar-refractivity contribution in [3.63, 3.8) is 0 Å². The number of nitrogens with two attached hydrogens (primary N) is 1. The number of sulfonamides is 1. The first-order valence-corrected chi connectivity index (χ1v) is 16.8. The Kier molecular flexibility index (Phi) is 10.3. The first kappa shape index (κ1) is 31.6. The number of amides is 2. The second-order valence-electron chi connectivity index (χ2n) is 10.0. The lowest BCUT2D eigenvalue weighted by Gasteiger charge is -2.26. The molecule has 0 aliphatic carbocycles. The Balaban J connectivity index is 1.36.